The summed E-state index contributed by atoms with van der Waals surface area (Å²) < 4.78 is 12.9. The molecule has 0 aliphatic heterocycles. The predicted octanol–water partition coefficient (Wildman–Crippen LogP) is 14.2. The maximum absolute atomic E-state index is 6.14. The van der Waals surface area contributed by atoms with Crippen LogP contribution in [-0.4, -0.2) is 36.0 Å². The minimum absolute atomic E-state index is 0. The Kier molecular flexibility index (Phi) is 11.7. The first-order chi connectivity index (χ1) is 32.2. The number of ether oxygens (including phenoxy) is 1. The largest absolute Gasteiger partial charge is 2.00 e. The van der Waals surface area contributed by atoms with E-state index in [4.69, 9.17) is 19.9 Å². The maximum Gasteiger partial charge on any atom is 2.00 e. The van der Waals surface area contributed by atoms with Crippen molar-refractivity contribution in [2.45, 2.75) is 47.5 Å². The van der Waals surface area contributed by atoms with Gasteiger partial charge in [-0.2, -0.15) is 11.2 Å². The Morgan fingerprint density at radius 2 is 1.12 bits per heavy atom. The van der Waals surface area contributed by atoms with Gasteiger partial charge in [-0.15, -0.1) is 33.6 Å². The molecule has 0 amide bonds. The van der Waals surface area contributed by atoms with Crippen molar-refractivity contribution in [2.75, 3.05) is 7.11 Å². The Morgan fingerprint density at radius 1 is 0.537 bits per heavy atom. The van der Waals surface area contributed by atoms with Crippen molar-refractivity contribution in [1.82, 2.24) is 28.9 Å². The molecule has 0 atom stereocenters. The van der Waals surface area contributed by atoms with Crippen LogP contribution >= 0.6 is 0 Å². The number of benzene rings is 7. The molecule has 0 N–H and O–H groups in total. The summed E-state index contributed by atoms with van der Waals surface area (Å²) >= 11 is 0. The van der Waals surface area contributed by atoms with Gasteiger partial charge in [0, 0.05) is 28.7 Å². The van der Waals surface area contributed by atoms with Gasteiger partial charge in [-0.3, -0.25) is 0 Å². The molecule has 7 aromatic carbocycles. The summed E-state index contributed by atoms with van der Waals surface area (Å²) in [4.78, 5) is 4.90. The number of rotatable bonds is 11. The van der Waals surface area contributed by atoms with E-state index in [-0.39, 0.29) is 21.1 Å². The molecular weight excluding hydrogens is 1000 g/mol. The van der Waals surface area contributed by atoms with Gasteiger partial charge in [0.05, 0.1) is 12.9 Å². The van der Waals surface area contributed by atoms with E-state index in [0.717, 1.165) is 108 Å². The third-order valence-corrected chi connectivity index (χ3v) is 12.7. The van der Waals surface area contributed by atoms with Crippen LogP contribution in [0.4, 0.5) is 0 Å². The molecule has 0 fully saturated rings. The number of methoxy groups -OCH3 is 1. The zero-order valence-electron chi connectivity index (χ0n) is 38.5. The smallest absolute Gasteiger partial charge is 0.516 e. The second-order valence-electron chi connectivity index (χ2n) is 18.2. The molecule has 7 nitrogen and oxygen atoms in total. The molecule has 67 heavy (non-hydrogen) atoms. The van der Waals surface area contributed by atoms with Crippen LogP contribution in [0.2, 0.25) is 0 Å². The Balaban J connectivity index is 0.00000525. The molecule has 0 aliphatic carbocycles. The van der Waals surface area contributed by atoms with Gasteiger partial charge < -0.3 is 18.4 Å². The zero-order valence-corrected chi connectivity index (χ0v) is 40.8. The van der Waals surface area contributed by atoms with E-state index in [1.54, 1.807) is 7.11 Å². The number of pyridine rings is 1. The van der Waals surface area contributed by atoms with Crippen molar-refractivity contribution in [2.24, 2.45) is 11.8 Å². The van der Waals surface area contributed by atoms with E-state index in [0.29, 0.717) is 17.6 Å². The summed E-state index contributed by atoms with van der Waals surface area (Å²) in [5, 5.41) is 14.1. The van der Waals surface area contributed by atoms with Crippen molar-refractivity contribution in [3.63, 3.8) is 0 Å². The molecule has 0 spiro atoms. The van der Waals surface area contributed by atoms with E-state index in [2.05, 4.69) is 187 Å². The Morgan fingerprint density at radius 3 is 1.69 bits per heavy atom. The SMILES string of the molecule is COc1cc(-c2nnc(C)n2-c2c(CC(C)C)cccc2CC(C)C)[c-]c(-n2c3[c-]c4c(cc3c3cc(-c5ccccc5)ccc32)c2cc(-c3ccccc3)ccc2n4-c2ccccn2)c1.[Pt+2]. The van der Waals surface area contributed by atoms with Crippen LogP contribution in [0.25, 0.3) is 94.4 Å². The molecule has 0 radical (unpaired) electrons. The topological polar surface area (TPSA) is 62.7 Å². The first-order valence-corrected chi connectivity index (χ1v) is 22.9. The van der Waals surface area contributed by atoms with Gasteiger partial charge >= 0.3 is 21.1 Å². The summed E-state index contributed by atoms with van der Waals surface area (Å²) in [5.41, 5.74) is 13.9. The Labute approximate surface area is 406 Å². The summed E-state index contributed by atoms with van der Waals surface area (Å²) in [7, 11) is 1.72. The van der Waals surface area contributed by atoms with Crippen molar-refractivity contribution in [1.29, 1.82) is 0 Å². The molecule has 8 heteroatoms. The standard InChI is InChI=1S/C59H50N6O.Pt/c1-37(2)28-44-20-15-21-45(29-38(3)4)58(44)63-39(5)61-62-59(63)46-30-47(34-48(31-46)66-6)64-53-25-23-42(40-16-9-7-10-17-40)32-49(53)51-35-52-50-33-43(41-18-11-8-12-19-41)24-26-54(50)65(56(52)36-55(51)64)57-22-13-14-27-60-57;/h7-27,31-35,37-38H,28-29H2,1-6H3;/q-2;+2. The summed E-state index contributed by atoms with van der Waals surface area (Å²) in [6.07, 6.45) is 3.72. The summed E-state index contributed by atoms with van der Waals surface area (Å²) in [6, 6.07) is 61.8. The molecule has 0 saturated carbocycles. The summed E-state index contributed by atoms with van der Waals surface area (Å²) in [6.45, 7) is 11.1. The van der Waals surface area contributed by atoms with E-state index >= 15 is 0 Å². The zero-order chi connectivity index (χ0) is 45.1. The van der Waals surface area contributed by atoms with Crippen LogP contribution in [0.15, 0.2) is 158 Å². The predicted molar refractivity (Wildman–Crippen MR) is 270 cm³/mol. The molecular formula is C59H50N6OPt. The Hall–Kier alpha value is -7.08. The van der Waals surface area contributed by atoms with Gasteiger partial charge in [0.1, 0.15) is 11.6 Å². The van der Waals surface area contributed by atoms with E-state index in [1.807, 2.05) is 31.3 Å². The quantitative estimate of drug-likeness (QED) is 0.121. The van der Waals surface area contributed by atoms with Gasteiger partial charge in [-0.25, -0.2) is 4.98 Å². The van der Waals surface area contributed by atoms with Crippen LogP contribution in [0.3, 0.4) is 0 Å². The number of para-hydroxylation sites is 1. The van der Waals surface area contributed by atoms with Gasteiger partial charge in [0.25, 0.3) is 0 Å². The second kappa shape index (κ2) is 18.0. The number of aromatic nitrogens is 6. The normalized spacial score (nSPS) is 11.7. The van der Waals surface area contributed by atoms with Gasteiger partial charge in [0.15, 0.2) is 0 Å². The third-order valence-electron chi connectivity index (χ3n) is 12.7. The fourth-order valence-electron chi connectivity index (χ4n) is 9.85. The number of aryl methyl sites for hydroxylation is 1. The van der Waals surface area contributed by atoms with Gasteiger partial charge in [0.2, 0.25) is 0 Å². The molecule has 0 aliphatic rings. The molecule has 11 aromatic rings. The van der Waals surface area contributed by atoms with Crippen LogP contribution in [0, 0.1) is 30.9 Å². The average Bonchev–Trinajstić information content (AvgIpc) is 3.99. The first kappa shape index (κ1) is 43.8. The van der Waals surface area contributed by atoms with Crippen molar-refractivity contribution in [3.05, 3.63) is 187 Å². The Bertz CT molecular complexity index is 3560. The number of nitrogens with zero attached hydrogens (tertiary/aromatic N) is 6. The van der Waals surface area contributed by atoms with E-state index < -0.39 is 0 Å². The maximum atomic E-state index is 6.14. The minimum atomic E-state index is 0. The monoisotopic (exact) mass is 1050 g/mol. The van der Waals surface area contributed by atoms with Crippen LogP contribution in [0.1, 0.15) is 44.6 Å². The van der Waals surface area contributed by atoms with Crippen molar-refractivity contribution in [3.8, 4) is 56.6 Å². The minimum Gasteiger partial charge on any atom is -0.516 e. The van der Waals surface area contributed by atoms with Crippen LogP contribution < -0.4 is 4.74 Å². The van der Waals surface area contributed by atoms with E-state index in [9.17, 15) is 0 Å². The second-order valence-corrected chi connectivity index (χ2v) is 18.2. The van der Waals surface area contributed by atoms with Crippen LogP contribution in [0.5, 0.6) is 5.75 Å². The molecule has 332 valence electrons. The van der Waals surface area contributed by atoms with Crippen molar-refractivity contribution >= 4 is 43.6 Å². The average molecular weight is 1050 g/mol. The van der Waals surface area contributed by atoms with Crippen molar-refractivity contribution < 1.29 is 25.8 Å². The number of hydrogen-bond donors (Lipinski definition) is 0. The molecule has 0 bridgehead atoms. The number of hydrogen-bond acceptors (Lipinski definition) is 4. The summed E-state index contributed by atoms with van der Waals surface area (Å²) in [5.74, 6) is 4.00. The fraction of sp³-hybridized carbons (Fsp3) is 0.169. The first-order valence-electron chi connectivity index (χ1n) is 22.9. The fourth-order valence-corrected chi connectivity index (χ4v) is 9.85. The molecule has 4 heterocycles. The van der Waals surface area contributed by atoms with Gasteiger partial charge in [-0.05, 0) is 106 Å². The molecule has 0 unspecified atom stereocenters. The molecule has 4 aromatic heterocycles. The molecule has 0 saturated heterocycles. The van der Waals surface area contributed by atoms with Crippen LogP contribution in [-0.2, 0) is 33.9 Å². The van der Waals surface area contributed by atoms with E-state index in [1.165, 1.54) is 16.7 Å². The van der Waals surface area contributed by atoms with Gasteiger partial charge in [-0.1, -0.05) is 160 Å². The number of fused-ring (bicyclic) bond motifs is 6. The molecule has 11 rings (SSSR count). The third kappa shape index (κ3) is 7.85.